The molecule has 1 aromatic heterocycles. The van der Waals surface area contributed by atoms with Gasteiger partial charge in [-0.15, -0.1) is 0 Å². The predicted molar refractivity (Wildman–Crippen MR) is 106 cm³/mol. The van der Waals surface area contributed by atoms with Gasteiger partial charge in [-0.3, -0.25) is 14.6 Å². The summed E-state index contributed by atoms with van der Waals surface area (Å²) in [5.41, 5.74) is 3.26. The zero-order valence-corrected chi connectivity index (χ0v) is 17.5. The zero-order chi connectivity index (χ0) is 24.6. The lowest BCUT2D eigenvalue weighted by molar-refractivity contribution is -0.182. The molecule has 1 aromatic carbocycles. The second kappa shape index (κ2) is 8.93. The number of halogens is 5. The van der Waals surface area contributed by atoms with E-state index in [-0.39, 0.29) is 23.4 Å². The van der Waals surface area contributed by atoms with E-state index in [1.54, 1.807) is 0 Å². The first kappa shape index (κ1) is 24.4. The summed E-state index contributed by atoms with van der Waals surface area (Å²) in [6.45, 7) is 1.19. The van der Waals surface area contributed by atoms with Crippen LogP contribution in [0.15, 0.2) is 30.5 Å². The number of rotatable bonds is 6. The van der Waals surface area contributed by atoms with E-state index in [1.165, 1.54) is 25.3 Å². The fraction of sp³-hybridized carbons (Fsp3) is 0.381. The number of benzene rings is 1. The summed E-state index contributed by atoms with van der Waals surface area (Å²) in [6, 6.07) is 4.45. The fourth-order valence-corrected chi connectivity index (χ4v) is 3.96. The number of hydrogen-bond donors (Lipinski definition) is 2. The number of carbonyl (C=O) groups excluding carboxylic acids is 2. The van der Waals surface area contributed by atoms with E-state index in [0.29, 0.717) is 0 Å². The molecule has 33 heavy (non-hydrogen) atoms. The van der Waals surface area contributed by atoms with Crippen LogP contribution in [0.1, 0.15) is 41.7 Å². The van der Waals surface area contributed by atoms with Crippen LogP contribution in [0.3, 0.4) is 0 Å². The van der Waals surface area contributed by atoms with Gasteiger partial charge in [0.2, 0.25) is 5.82 Å². The molecule has 0 aliphatic carbocycles. The Morgan fingerprint density at radius 1 is 1.30 bits per heavy atom. The van der Waals surface area contributed by atoms with Crippen molar-refractivity contribution < 1.29 is 41.0 Å². The molecular weight excluding hydrogens is 453 g/mol. The quantitative estimate of drug-likeness (QED) is 0.623. The van der Waals surface area contributed by atoms with Crippen molar-refractivity contribution in [1.82, 2.24) is 4.98 Å². The molecule has 2 amide bonds. The summed E-state index contributed by atoms with van der Waals surface area (Å²) in [5.74, 6) is -5.90. The monoisotopic (exact) mass is 473 g/mol. The zero-order valence-electron chi connectivity index (χ0n) is 17.5. The van der Waals surface area contributed by atoms with Crippen LogP contribution in [0.5, 0.6) is 5.75 Å². The van der Waals surface area contributed by atoms with Crippen molar-refractivity contribution in [1.29, 1.82) is 0 Å². The van der Waals surface area contributed by atoms with Gasteiger partial charge in [-0.05, 0) is 31.5 Å². The number of carbonyl (C=O) groups is 2. The molecule has 0 spiro atoms. The summed E-state index contributed by atoms with van der Waals surface area (Å²) < 4.78 is 78.0. The second-order valence-electron chi connectivity index (χ2n) is 7.86. The van der Waals surface area contributed by atoms with E-state index >= 15 is 0 Å². The smallest absolute Gasteiger partial charge is 0.391 e. The van der Waals surface area contributed by atoms with Gasteiger partial charge in [-0.1, -0.05) is 6.07 Å². The van der Waals surface area contributed by atoms with Crippen molar-refractivity contribution in [2.24, 2.45) is 5.73 Å². The predicted octanol–water partition coefficient (Wildman–Crippen LogP) is 3.69. The van der Waals surface area contributed by atoms with Crippen molar-refractivity contribution in [2.45, 2.75) is 43.6 Å². The summed E-state index contributed by atoms with van der Waals surface area (Å²) >= 11 is 0. The number of primary amides is 1. The molecule has 1 aliphatic heterocycles. The fourth-order valence-electron chi connectivity index (χ4n) is 3.96. The number of anilines is 1. The van der Waals surface area contributed by atoms with Gasteiger partial charge in [0.25, 0.3) is 11.8 Å². The van der Waals surface area contributed by atoms with Crippen LogP contribution in [0, 0.1) is 11.6 Å². The van der Waals surface area contributed by atoms with Gasteiger partial charge in [0.15, 0.2) is 11.6 Å². The molecule has 1 saturated heterocycles. The molecule has 0 radical (unpaired) electrons. The molecule has 0 saturated carbocycles. The molecule has 1 fully saturated rings. The number of aromatic nitrogens is 1. The Morgan fingerprint density at radius 3 is 2.61 bits per heavy atom. The van der Waals surface area contributed by atoms with Crippen molar-refractivity contribution in [3.63, 3.8) is 0 Å². The maximum Gasteiger partial charge on any atom is 0.391 e. The molecule has 178 valence electrons. The van der Waals surface area contributed by atoms with E-state index in [2.05, 4.69) is 10.3 Å². The maximum atomic E-state index is 14.3. The molecule has 3 atom stereocenters. The standard InChI is InChI=1S/C21H20F5N3O4/c1-20(9-21(24,25)26)8-12(11-3-4-13(22)15(23)16(11)32-2)17(33-20)19(31)29-10-5-6-28-14(7-10)18(27)30/h3-7,12,17H,8-9H2,1-2H3,(H2,27,30)(H,28,29,31)/t12-,17-,20+/m0/s1. The first-order chi connectivity index (χ1) is 15.3. The van der Waals surface area contributed by atoms with Crippen LogP contribution in [-0.2, 0) is 9.53 Å². The number of hydrogen-bond acceptors (Lipinski definition) is 5. The van der Waals surface area contributed by atoms with Gasteiger partial charge in [0.1, 0.15) is 11.8 Å². The average Bonchev–Trinajstić information content (AvgIpc) is 3.05. The molecule has 1 aliphatic rings. The largest absolute Gasteiger partial charge is 0.493 e. The summed E-state index contributed by atoms with van der Waals surface area (Å²) in [4.78, 5) is 28.1. The maximum absolute atomic E-state index is 14.3. The van der Waals surface area contributed by atoms with Gasteiger partial charge < -0.3 is 20.5 Å². The van der Waals surface area contributed by atoms with Crippen LogP contribution in [0.4, 0.5) is 27.6 Å². The molecule has 0 bridgehead atoms. The number of pyridine rings is 1. The van der Waals surface area contributed by atoms with E-state index in [0.717, 1.165) is 19.2 Å². The summed E-state index contributed by atoms with van der Waals surface area (Å²) in [5, 5.41) is 2.44. The average molecular weight is 473 g/mol. The molecule has 3 N–H and O–H groups in total. The summed E-state index contributed by atoms with van der Waals surface area (Å²) in [6.07, 6.45) is -6.61. The highest BCUT2D eigenvalue weighted by atomic mass is 19.4. The Morgan fingerprint density at radius 2 is 2.00 bits per heavy atom. The Kier molecular flexibility index (Phi) is 6.59. The molecule has 0 unspecified atom stereocenters. The first-order valence-corrected chi connectivity index (χ1v) is 9.67. The number of nitrogens with one attached hydrogen (secondary N) is 1. The SMILES string of the molecule is COc1c([C@@H]2C[C@](C)(CC(F)(F)F)O[C@@H]2C(=O)Nc2ccnc(C(N)=O)c2)ccc(F)c1F. The van der Waals surface area contributed by atoms with Crippen LogP contribution >= 0.6 is 0 Å². The van der Waals surface area contributed by atoms with Crippen LogP contribution in [-0.4, -0.2) is 41.8 Å². The van der Waals surface area contributed by atoms with E-state index in [9.17, 15) is 31.5 Å². The summed E-state index contributed by atoms with van der Waals surface area (Å²) in [7, 11) is 1.07. The number of nitrogens with zero attached hydrogens (tertiary/aromatic N) is 1. The highest BCUT2D eigenvalue weighted by molar-refractivity contribution is 5.97. The Labute approximate surface area is 185 Å². The van der Waals surface area contributed by atoms with Gasteiger partial charge in [0.05, 0.1) is 19.1 Å². The molecule has 7 nitrogen and oxygen atoms in total. The van der Waals surface area contributed by atoms with Crippen molar-refractivity contribution in [2.75, 3.05) is 12.4 Å². The third-order valence-electron chi connectivity index (χ3n) is 5.23. The molecule has 12 heteroatoms. The minimum absolute atomic E-state index is 0.0185. The van der Waals surface area contributed by atoms with Crippen LogP contribution < -0.4 is 15.8 Å². The Balaban J connectivity index is 1.99. The minimum atomic E-state index is -4.61. The van der Waals surface area contributed by atoms with Gasteiger partial charge >= 0.3 is 6.18 Å². The molecular formula is C21H20F5N3O4. The topological polar surface area (TPSA) is 104 Å². The third-order valence-corrected chi connectivity index (χ3v) is 5.23. The molecule has 2 aromatic rings. The van der Waals surface area contributed by atoms with E-state index in [1.807, 2.05) is 0 Å². The lowest BCUT2D eigenvalue weighted by Crippen LogP contribution is -2.36. The normalized spacial score (nSPS) is 22.8. The molecule has 3 rings (SSSR count). The van der Waals surface area contributed by atoms with Crippen LogP contribution in [0.2, 0.25) is 0 Å². The van der Waals surface area contributed by atoms with E-state index in [4.69, 9.17) is 15.2 Å². The minimum Gasteiger partial charge on any atom is -0.493 e. The lowest BCUT2D eigenvalue weighted by Gasteiger charge is -2.25. The first-order valence-electron chi connectivity index (χ1n) is 9.67. The van der Waals surface area contributed by atoms with Crippen molar-refractivity contribution in [3.05, 3.63) is 53.4 Å². The van der Waals surface area contributed by atoms with E-state index < -0.39 is 59.4 Å². The lowest BCUT2D eigenvalue weighted by atomic mass is 9.84. The van der Waals surface area contributed by atoms with Gasteiger partial charge in [-0.25, -0.2) is 4.39 Å². The third kappa shape index (κ3) is 5.38. The number of ether oxygens (including phenoxy) is 2. The number of nitrogens with two attached hydrogens (primary N) is 1. The Hall–Kier alpha value is -3.28. The second-order valence-corrected chi connectivity index (χ2v) is 7.86. The highest BCUT2D eigenvalue weighted by Gasteiger charge is 2.52. The van der Waals surface area contributed by atoms with Gasteiger partial charge in [0, 0.05) is 23.4 Å². The number of alkyl halides is 3. The Bertz CT molecular complexity index is 1080. The van der Waals surface area contributed by atoms with Gasteiger partial charge in [-0.2, -0.15) is 17.6 Å². The molecule has 2 heterocycles. The van der Waals surface area contributed by atoms with Crippen LogP contribution in [0.25, 0.3) is 0 Å². The number of methoxy groups -OCH3 is 1. The highest BCUT2D eigenvalue weighted by Crippen LogP contribution is 2.49. The number of amides is 2. The van der Waals surface area contributed by atoms with Crippen molar-refractivity contribution in [3.8, 4) is 5.75 Å². The van der Waals surface area contributed by atoms with Crippen molar-refractivity contribution >= 4 is 17.5 Å².